The summed E-state index contributed by atoms with van der Waals surface area (Å²) < 4.78 is 36.2. The van der Waals surface area contributed by atoms with Crippen LogP contribution in [0.2, 0.25) is 0 Å². The van der Waals surface area contributed by atoms with Crippen LogP contribution in [0.4, 0.5) is 0 Å². The molecule has 3 heterocycles. The molecule has 1 unspecified atom stereocenters. The van der Waals surface area contributed by atoms with E-state index >= 15 is 0 Å². The van der Waals surface area contributed by atoms with Gasteiger partial charge in [-0.2, -0.15) is 0 Å². The fraction of sp³-hybridized carbons (Fsp3) is 0.880. The number of hydrogen-bond donors (Lipinski definition) is 0. The van der Waals surface area contributed by atoms with Crippen LogP contribution in [-0.2, 0) is 33.2 Å². The second kappa shape index (κ2) is 6.43. The molecule has 32 heavy (non-hydrogen) atoms. The molecule has 0 aromatic rings. The third-order valence-electron chi connectivity index (χ3n) is 10.6. The van der Waals surface area contributed by atoms with E-state index in [0.717, 1.165) is 38.5 Å². The second-order valence-electron chi connectivity index (χ2n) is 11.6. The summed E-state index contributed by atoms with van der Waals surface area (Å²) >= 11 is 0. The zero-order valence-electron chi connectivity index (χ0n) is 19.2. The van der Waals surface area contributed by atoms with Crippen molar-refractivity contribution in [1.82, 2.24) is 0 Å². The van der Waals surface area contributed by atoms with E-state index in [4.69, 9.17) is 28.4 Å². The van der Waals surface area contributed by atoms with Crippen molar-refractivity contribution in [2.75, 3.05) is 33.4 Å². The van der Waals surface area contributed by atoms with Crippen LogP contribution in [-0.4, -0.2) is 56.4 Å². The lowest BCUT2D eigenvalue weighted by Gasteiger charge is -2.59. The fourth-order valence-corrected chi connectivity index (χ4v) is 9.15. The van der Waals surface area contributed by atoms with Crippen molar-refractivity contribution < 1.29 is 33.2 Å². The number of ketones is 1. The molecule has 7 heteroatoms. The first kappa shape index (κ1) is 20.5. The van der Waals surface area contributed by atoms with Crippen LogP contribution in [0.3, 0.4) is 0 Å². The Morgan fingerprint density at radius 1 is 0.938 bits per heavy atom. The normalized spacial score (nSPS) is 53.6. The van der Waals surface area contributed by atoms with E-state index in [0.29, 0.717) is 43.9 Å². The van der Waals surface area contributed by atoms with Gasteiger partial charge in [0.2, 0.25) is 5.79 Å². The van der Waals surface area contributed by atoms with Crippen LogP contribution in [0.25, 0.3) is 0 Å². The number of allylic oxidation sites excluding steroid dienone is 1. The molecule has 7 rings (SSSR count). The number of hydrogen-bond acceptors (Lipinski definition) is 7. The third-order valence-corrected chi connectivity index (χ3v) is 10.6. The maximum atomic E-state index is 14.0. The summed E-state index contributed by atoms with van der Waals surface area (Å²) in [6, 6.07) is 0. The molecule has 3 saturated heterocycles. The van der Waals surface area contributed by atoms with Crippen LogP contribution < -0.4 is 0 Å². The highest BCUT2D eigenvalue weighted by Crippen LogP contribution is 2.70. The van der Waals surface area contributed by atoms with Crippen LogP contribution in [0.15, 0.2) is 11.6 Å². The lowest BCUT2D eigenvalue weighted by atomic mass is 9.46. The summed E-state index contributed by atoms with van der Waals surface area (Å²) in [5.74, 6) is -0.152. The first-order valence-corrected chi connectivity index (χ1v) is 12.4. The minimum absolute atomic E-state index is 0.0634. The van der Waals surface area contributed by atoms with E-state index in [1.807, 2.05) is 0 Å². The highest BCUT2D eigenvalue weighted by atomic mass is 16.9. The van der Waals surface area contributed by atoms with E-state index in [9.17, 15) is 4.79 Å². The van der Waals surface area contributed by atoms with Gasteiger partial charge in [0.15, 0.2) is 19.4 Å². The van der Waals surface area contributed by atoms with E-state index in [1.54, 1.807) is 0 Å². The molecule has 7 nitrogen and oxygen atoms in total. The van der Waals surface area contributed by atoms with Crippen LogP contribution in [0.1, 0.15) is 58.8 Å². The van der Waals surface area contributed by atoms with Crippen molar-refractivity contribution in [3.63, 3.8) is 0 Å². The highest BCUT2D eigenvalue weighted by molar-refractivity contribution is 5.85. The predicted octanol–water partition coefficient (Wildman–Crippen LogP) is 3.32. The van der Waals surface area contributed by atoms with E-state index in [1.165, 1.54) is 5.57 Å². The number of carbonyl (C=O) groups excluding carboxylic acids is 1. The fourth-order valence-electron chi connectivity index (χ4n) is 9.15. The molecule has 3 aliphatic heterocycles. The van der Waals surface area contributed by atoms with Crippen molar-refractivity contribution >= 4 is 5.78 Å². The summed E-state index contributed by atoms with van der Waals surface area (Å²) in [7, 11) is 0. The number of fused-ring (bicyclic) bond motifs is 7. The molecule has 0 aromatic heterocycles. The van der Waals surface area contributed by atoms with Gasteiger partial charge in [0.05, 0.1) is 13.2 Å². The van der Waals surface area contributed by atoms with E-state index < -0.39 is 17.2 Å². The summed E-state index contributed by atoms with van der Waals surface area (Å²) in [4.78, 5) is 14.0. The SMILES string of the molecule is C[C@]12CCC3(CC1=CC[C@@H]1[C@@H]2C(=O)C[C@@]2(C)[C@H]1CC[C@@]21OCOC12COCO2)OCCO3. The Balaban J connectivity index is 1.26. The van der Waals surface area contributed by atoms with Crippen molar-refractivity contribution in [2.24, 2.45) is 28.6 Å². The van der Waals surface area contributed by atoms with Crippen molar-refractivity contribution in [2.45, 2.75) is 76.0 Å². The van der Waals surface area contributed by atoms with Gasteiger partial charge in [0, 0.05) is 30.6 Å². The molecular formula is C25H34O7. The first-order valence-electron chi connectivity index (χ1n) is 12.4. The monoisotopic (exact) mass is 446 g/mol. The molecule has 7 atom stereocenters. The molecule has 0 N–H and O–H groups in total. The second-order valence-corrected chi connectivity index (χ2v) is 11.6. The molecule has 0 aromatic carbocycles. The first-order chi connectivity index (χ1) is 15.4. The topological polar surface area (TPSA) is 72.5 Å². The largest absolute Gasteiger partial charge is 0.350 e. The summed E-state index contributed by atoms with van der Waals surface area (Å²) in [6.45, 7) is 6.74. The van der Waals surface area contributed by atoms with Gasteiger partial charge in [-0.15, -0.1) is 0 Å². The van der Waals surface area contributed by atoms with Gasteiger partial charge in [-0.3, -0.25) is 4.79 Å². The lowest BCUT2D eigenvalue weighted by molar-refractivity contribution is -0.246. The minimum atomic E-state index is -0.877. The van der Waals surface area contributed by atoms with Crippen LogP contribution in [0.5, 0.6) is 0 Å². The van der Waals surface area contributed by atoms with E-state index in [-0.39, 0.29) is 30.3 Å². The predicted molar refractivity (Wildman–Crippen MR) is 111 cm³/mol. The zero-order chi connectivity index (χ0) is 21.8. The van der Waals surface area contributed by atoms with Gasteiger partial charge in [-0.25, -0.2) is 0 Å². The smallest absolute Gasteiger partial charge is 0.226 e. The zero-order valence-corrected chi connectivity index (χ0v) is 19.2. The van der Waals surface area contributed by atoms with Gasteiger partial charge < -0.3 is 28.4 Å². The Bertz CT molecular complexity index is 866. The van der Waals surface area contributed by atoms with Crippen molar-refractivity contribution in [3.05, 3.63) is 11.6 Å². The molecule has 0 bridgehead atoms. The van der Waals surface area contributed by atoms with Gasteiger partial charge >= 0.3 is 0 Å². The third kappa shape index (κ3) is 2.26. The molecule has 6 fully saturated rings. The Kier molecular flexibility index (Phi) is 4.13. The Morgan fingerprint density at radius 2 is 1.75 bits per heavy atom. The van der Waals surface area contributed by atoms with Crippen molar-refractivity contribution in [1.29, 1.82) is 0 Å². The maximum Gasteiger partial charge on any atom is 0.226 e. The Morgan fingerprint density at radius 3 is 2.53 bits per heavy atom. The number of ether oxygens (including phenoxy) is 6. The molecule has 176 valence electrons. The number of Topliss-reactive ketones (excluding diaryl/α,β-unsaturated/α-hetero) is 1. The highest BCUT2D eigenvalue weighted by Gasteiger charge is 2.77. The maximum absolute atomic E-state index is 14.0. The number of rotatable bonds is 0. The summed E-state index contributed by atoms with van der Waals surface area (Å²) in [5.41, 5.74) is 0.343. The molecule has 7 aliphatic rings. The molecule has 0 amide bonds. The van der Waals surface area contributed by atoms with Gasteiger partial charge in [0.25, 0.3) is 0 Å². The Labute approximate surface area is 189 Å². The summed E-state index contributed by atoms with van der Waals surface area (Å²) in [5, 5.41) is 0. The molecular weight excluding hydrogens is 412 g/mol. The molecule has 4 aliphatic carbocycles. The quantitative estimate of drug-likeness (QED) is 0.529. The number of carbonyl (C=O) groups is 1. The van der Waals surface area contributed by atoms with Crippen LogP contribution in [0, 0.1) is 28.6 Å². The average Bonchev–Trinajstić information content (AvgIpc) is 3.54. The molecule has 3 saturated carbocycles. The van der Waals surface area contributed by atoms with Crippen molar-refractivity contribution in [3.8, 4) is 0 Å². The Hall–Kier alpha value is -0.830. The molecule has 3 spiro atoms. The lowest BCUT2D eigenvalue weighted by Crippen LogP contribution is -2.65. The van der Waals surface area contributed by atoms with Crippen LogP contribution >= 0.6 is 0 Å². The van der Waals surface area contributed by atoms with Gasteiger partial charge in [0.1, 0.15) is 18.0 Å². The standard InChI is InChI=1S/C25H34O7/c1-21-7-8-23(28-9-10-29-23)11-16(21)3-4-17-18-5-6-24(22(18,2)12-19(26)20(17)21)25(32-15-30-24)13-27-14-31-25/h3,17-18,20H,4-15H2,1-2H3/t17-,18-,20+,21-,22-,24+,25?/m0/s1. The average molecular weight is 447 g/mol. The molecule has 0 radical (unpaired) electrons. The van der Waals surface area contributed by atoms with Gasteiger partial charge in [-0.1, -0.05) is 25.5 Å². The van der Waals surface area contributed by atoms with Gasteiger partial charge in [-0.05, 0) is 42.9 Å². The summed E-state index contributed by atoms with van der Waals surface area (Å²) in [6.07, 6.45) is 8.40. The minimum Gasteiger partial charge on any atom is -0.350 e. The van der Waals surface area contributed by atoms with E-state index in [2.05, 4.69) is 19.9 Å².